The lowest BCUT2D eigenvalue weighted by molar-refractivity contribution is 0.528. The van der Waals surface area contributed by atoms with E-state index in [0.29, 0.717) is 5.95 Å². The van der Waals surface area contributed by atoms with Gasteiger partial charge in [-0.3, -0.25) is 4.40 Å². The standard InChI is InChI=1S/C17H29N5/c1-15(2,3)11-10-12(16(4,5)6)20-21-14(18)22(10)13(19-11)17(7,8)9/h1-9H3,(H2,18,21). The second-order valence-electron chi connectivity index (χ2n) is 9.12. The molecule has 0 amide bonds. The summed E-state index contributed by atoms with van der Waals surface area (Å²) in [6.07, 6.45) is 0. The highest BCUT2D eigenvalue weighted by Crippen LogP contribution is 2.36. The minimum atomic E-state index is -0.128. The molecule has 0 aliphatic carbocycles. The number of hydrogen-bond acceptors (Lipinski definition) is 4. The predicted octanol–water partition coefficient (Wildman–Crippen LogP) is 3.60. The maximum Gasteiger partial charge on any atom is 0.226 e. The summed E-state index contributed by atoms with van der Waals surface area (Å²) >= 11 is 0. The Morgan fingerprint density at radius 1 is 0.727 bits per heavy atom. The van der Waals surface area contributed by atoms with E-state index in [1.165, 1.54) is 0 Å². The highest BCUT2D eigenvalue weighted by Gasteiger charge is 2.33. The zero-order chi connectivity index (χ0) is 17.1. The SMILES string of the molecule is CC(C)(C)c1nnc(N)n2c(C(C)(C)C)nc(C(C)(C)C)c12. The molecule has 22 heavy (non-hydrogen) atoms. The van der Waals surface area contributed by atoms with E-state index in [2.05, 4.69) is 72.5 Å². The molecule has 122 valence electrons. The molecule has 2 aromatic rings. The molecule has 0 saturated carbocycles. The molecule has 0 aliphatic heterocycles. The van der Waals surface area contributed by atoms with E-state index in [1.54, 1.807) is 0 Å². The molecule has 0 unspecified atom stereocenters. The maximum absolute atomic E-state index is 6.17. The van der Waals surface area contributed by atoms with Gasteiger partial charge in [0.25, 0.3) is 0 Å². The smallest absolute Gasteiger partial charge is 0.226 e. The van der Waals surface area contributed by atoms with Crippen molar-refractivity contribution in [2.45, 2.75) is 78.6 Å². The Bertz CT molecular complexity index is 706. The van der Waals surface area contributed by atoms with Crippen molar-refractivity contribution in [1.29, 1.82) is 0 Å². The molecule has 0 fully saturated rings. The van der Waals surface area contributed by atoms with E-state index in [1.807, 2.05) is 4.40 Å². The third-order valence-electron chi connectivity index (χ3n) is 3.67. The molecule has 0 radical (unpaired) electrons. The molecular weight excluding hydrogens is 274 g/mol. The van der Waals surface area contributed by atoms with Gasteiger partial charge < -0.3 is 5.73 Å². The van der Waals surface area contributed by atoms with E-state index in [4.69, 9.17) is 10.7 Å². The number of hydrogen-bond donors (Lipinski definition) is 1. The molecule has 2 rings (SSSR count). The van der Waals surface area contributed by atoms with Gasteiger partial charge >= 0.3 is 0 Å². The van der Waals surface area contributed by atoms with Crippen LogP contribution in [0.1, 0.15) is 79.5 Å². The van der Waals surface area contributed by atoms with Crippen molar-refractivity contribution >= 4 is 11.5 Å². The molecule has 0 atom stereocenters. The zero-order valence-electron chi connectivity index (χ0n) is 15.4. The van der Waals surface area contributed by atoms with Crippen LogP contribution in [0.25, 0.3) is 5.52 Å². The molecule has 2 aromatic heterocycles. The van der Waals surface area contributed by atoms with Crippen molar-refractivity contribution in [3.8, 4) is 0 Å². The van der Waals surface area contributed by atoms with Crippen LogP contribution in [-0.4, -0.2) is 19.6 Å². The van der Waals surface area contributed by atoms with E-state index in [0.717, 1.165) is 22.7 Å². The molecule has 2 heterocycles. The van der Waals surface area contributed by atoms with Crippen LogP contribution < -0.4 is 5.73 Å². The van der Waals surface area contributed by atoms with Crippen molar-refractivity contribution in [2.24, 2.45) is 0 Å². The monoisotopic (exact) mass is 303 g/mol. The molecule has 0 saturated heterocycles. The average Bonchev–Trinajstić information content (AvgIpc) is 2.67. The number of nitrogens with two attached hydrogens (primary N) is 1. The number of rotatable bonds is 0. The van der Waals surface area contributed by atoms with Crippen LogP contribution in [-0.2, 0) is 16.2 Å². The van der Waals surface area contributed by atoms with Gasteiger partial charge in [0.05, 0.1) is 16.9 Å². The molecule has 0 aromatic carbocycles. The third-order valence-corrected chi connectivity index (χ3v) is 3.67. The Kier molecular flexibility index (Phi) is 3.55. The quantitative estimate of drug-likeness (QED) is 0.807. The van der Waals surface area contributed by atoms with Crippen LogP contribution in [0.15, 0.2) is 0 Å². The Balaban J connectivity index is 3.06. The van der Waals surface area contributed by atoms with Crippen molar-refractivity contribution in [2.75, 3.05) is 5.73 Å². The summed E-state index contributed by atoms with van der Waals surface area (Å²) < 4.78 is 1.99. The summed E-state index contributed by atoms with van der Waals surface area (Å²) in [6, 6.07) is 0. The summed E-state index contributed by atoms with van der Waals surface area (Å²) in [4.78, 5) is 4.97. The topological polar surface area (TPSA) is 69.1 Å². The minimum absolute atomic E-state index is 0.0930. The second-order valence-corrected chi connectivity index (χ2v) is 9.12. The van der Waals surface area contributed by atoms with E-state index >= 15 is 0 Å². The van der Waals surface area contributed by atoms with Crippen LogP contribution in [0.3, 0.4) is 0 Å². The molecule has 2 N–H and O–H groups in total. The predicted molar refractivity (Wildman–Crippen MR) is 91.3 cm³/mol. The Hall–Kier alpha value is -1.65. The number of fused-ring (bicyclic) bond motifs is 1. The fourth-order valence-electron chi connectivity index (χ4n) is 2.59. The highest BCUT2D eigenvalue weighted by molar-refractivity contribution is 5.64. The Morgan fingerprint density at radius 3 is 1.64 bits per heavy atom. The first kappa shape index (κ1) is 16.7. The molecule has 5 heteroatoms. The first-order valence-electron chi connectivity index (χ1n) is 7.80. The Labute approximate surface area is 133 Å². The first-order valence-corrected chi connectivity index (χ1v) is 7.80. The summed E-state index contributed by atoms with van der Waals surface area (Å²) in [7, 11) is 0. The number of nitrogen functional groups attached to an aromatic ring is 1. The molecule has 0 spiro atoms. The average molecular weight is 303 g/mol. The van der Waals surface area contributed by atoms with Gasteiger partial charge in [0.2, 0.25) is 5.95 Å². The number of aromatic nitrogens is 4. The van der Waals surface area contributed by atoms with Gasteiger partial charge in [-0.1, -0.05) is 62.3 Å². The summed E-state index contributed by atoms with van der Waals surface area (Å²) in [5.41, 5.74) is 8.81. The van der Waals surface area contributed by atoms with E-state index in [9.17, 15) is 0 Å². The van der Waals surface area contributed by atoms with Gasteiger partial charge in [0.15, 0.2) is 0 Å². The lowest BCUT2D eigenvalue weighted by Crippen LogP contribution is -2.22. The number of imidazole rings is 1. The third kappa shape index (κ3) is 2.69. The van der Waals surface area contributed by atoms with Crippen LogP contribution in [0.5, 0.6) is 0 Å². The lowest BCUT2D eigenvalue weighted by Gasteiger charge is -2.22. The van der Waals surface area contributed by atoms with Gasteiger partial charge in [-0.15, -0.1) is 10.2 Å². The number of anilines is 1. The molecule has 0 bridgehead atoms. The summed E-state index contributed by atoms with van der Waals surface area (Å²) in [5.74, 6) is 1.33. The zero-order valence-corrected chi connectivity index (χ0v) is 15.4. The fraction of sp³-hybridized carbons (Fsp3) is 0.706. The van der Waals surface area contributed by atoms with Gasteiger partial charge in [0.1, 0.15) is 5.82 Å². The Morgan fingerprint density at radius 2 is 1.23 bits per heavy atom. The van der Waals surface area contributed by atoms with Crippen molar-refractivity contribution < 1.29 is 0 Å². The van der Waals surface area contributed by atoms with Crippen LogP contribution >= 0.6 is 0 Å². The van der Waals surface area contributed by atoms with E-state index < -0.39 is 0 Å². The first-order chi connectivity index (χ1) is 9.74. The van der Waals surface area contributed by atoms with Crippen LogP contribution in [0.2, 0.25) is 0 Å². The largest absolute Gasteiger partial charge is 0.368 e. The van der Waals surface area contributed by atoms with Gasteiger partial charge in [-0.05, 0) is 0 Å². The van der Waals surface area contributed by atoms with Crippen molar-refractivity contribution in [1.82, 2.24) is 19.6 Å². The minimum Gasteiger partial charge on any atom is -0.368 e. The highest BCUT2D eigenvalue weighted by atomic mass is 15.3. The maximum atomic E-state index is 6.17. The molecule has 5 nitrogen and oxygen atoms in total. The second kappa shape index (κ2) is 4.67. The van der Waals surface area contributed by atoms with Crippen LogP contribution in [0.4, 0.5) is 5.95 Å². The van der Waals surface area contributed by atoms with Crippen LogP contribution in [0, 0.1) is 0 Å². The lowest BCUT2D eigenvalue weighted by atomic mass is 9.86. The van der Waals surface area contributed by atoms with E-state index in [-0.39, 0.29) is 16.2 Å². The normalized spacial score (nSPS) is 13.9. The van der Waals surface area contributed by atoms with Gasteiger partial charge in [-0.25, -0.2) is 4.98 Å². The van der Waals surface area contributed by atoms with Gasteiger partial charge in [0, 0.05) is 16.2 Å². The fourth-order valence-corrected chi connectivity index (χ4v) is 2.59. The number of nitrogens with zero attached hydrogens (tertiary/aromatic N) is 4. The summed E-state index contributed by atoms with van der Waals surface area (Å²) in [6.45, 7) is 19.4. The summed E-state index contributed by atoms with van der Waals surface area (Å²) in [5, 5.41) is 8.61. The molecular formula is C17H29N5. The van der Waals surface area contributed by atoms with Crippen molar-refractivity contribution in [3.63, 3.8) is 0 Å². The molecule has 0 aliphatic rings. The van der Waals surface area contributed by atoms with Gasteiger partial charge in [-0.2, -0.15) is 0 Å². The van der Waals surface area contributed by atoms with Crippen molar-refractivity contribution in [3.05, 3.63) is 17.2 Å².